The fourth-order valence-corrected chi connectivity index (χ4v) is 2.75. The zero-order valence-electron chi connectivity index (χ0n) is 14.8. The van der Waals surface area contributed by atoms with Gasteiger partial charge in [-0.2, -0.15) is 0 Å². The van der Waals surface area contributed by atoms with Gasteiger partial charge in [-0.25, -0.2) is 0 Å². The first-order valence-electron chi connectivity index (χ1n) is 7.78. The molecule has 0 saturated heterocycles. The van der Waals surface area contributed by atoms with Crippen LogP contribution in [0.5, 0.6) is 0 Å². The van der Waals surface area contributed by atoms with Gasteiger partial charge in [0.25, 0.3) is 5.41 Å². The van der Waals surface area contributed by atoms with Crippen molar-refractivity contribution in [2.24, 2.45) is 5.41 Å². The molecule has 0 spiro atoms. The Morgan fingerprint density at radius 2 is 1.46 bits per heavy atom. The van der Waals surface area contributed by atoms with E-state index in [0.29, 0.717) is 0 Å². The van der Waals surface area contributed by atoms with Gasteiger partial charge in [-0.15, -0.1) is 5.10 Å². The smallest absolute Gasteiger partial charge is 0.336 e. The van der Waals surface area contributed by atoms with E-state index in [0.717, 1.165) is 18.6 Å². The Balaban J connectivity index is 3.75. The maximum atomic E-state index is 12.8. The van der Waals surface area contributed by atoms with Gasteiger partial charge in [0.1, 0.15) is 5.92 Å². The molecule has 0 aliphatic heterocycles. The minimum atomic E-state index is -2.76. The van der Waals surface area contributed by atoms with E-state index in [9.17, 15) is 19.2 Å². The minimum absolute atomic E-state index is 0.115. The number of hydrogen-bond acceptors (Lipinski definition) is 11. The summed E-state index contributed by atoms with van der Waals surface area (Å²) in [4.78, 5) is 50.8. The average molecular weight is 388 g/mol. The quantitative estimate of drug-likeness (QED) is 0.334. The number of methoxy groups -OCH3 is 1. The molecule has 0 N–H and O–H groups in total. The lowest BCUT2D eigenvalue weighted by atomic mass is 9.73. The molecule has 1 unspecified atom stereocenters. The van der Waals surface area contributed by atoms with Crippen molar-refractivity contribution in [3.63, 3.8) is 0 Å². The molecular formula is C15H20N2O8S. The predicted octanol–water partition coefficient (Wildman–Crippen LogP) is 0.470. The number of carbonyl (C=O) groups is 4. The molecule has 0 amide bonds. The minimum Gasteiger partial charge on any atom is -0.468 e. The molecule has 1 rings (SSSR count). The number of ether oxygens (including phenoxy) is 4. The van der Waals surface area contributed by atoms with E-state index in [2.05, 4.69) is 9.59 Å². The van der Waals surface area contributed by atoms with Crippen molar-refractivity contribution < 1.29 is 38.1 Å². The van der Waals surface area contributed by atoms with Gasteiger partial charge in [-0.1, -0.05) is 4.49 Å². The largest absolute Gasteiger partial charge is 0.468 e. The number of aromatic nitrogens is 2. The molecule has 0 aliphatic carbocycles. The van der Waals surface area contributed by atoms with E-state index in [-0.39, 0.29) is 25.5 Å². The first-order valence-corrected chi connectivity index (χ1v) is 8.61. The Kier molecular flexibility index (Phi) is 8.10. The molecule has 1 heterocycles. The van der Waals surface area contributed by atoms with Crippen LogP contribution in [0.2, 0.25) is 0 Å². The summed E-state index contributed by atoms with van der Waals surface area (Å²) in [7, 11) is 1.04. The highest BCUT2D eigenvalue weighted by atomic mass is 32.1. The molecule has 1 aromatic rings. The molecule has 1 atom stereocenters. The van der Waals surface area contributed by atoms with E-state index >= 15 is 0 Å². The molecule has 26 heavy (non-hydrogen) atoms. The van der Waals surface area contributed by atoms with E-state index in [1.165, 1.54) is 26.2 Å². The zero-order valence-corrected chi connectivity index (χ0v) is 15.7. The first kappa shape index (κ1) is 21.5. The van der Waals surface area contributed by atoms with Crippen molar-refractivity contribution in [3.8, 4) is 0 Å². The third-order valence-corrected chi connectivity index (χ3v) is 3.86. The Hall–Kier alpha value is -2.56. The molecule has 1 aromatic heterocycles. The fraction of sp³-hybridized carbons (Fsp3) is 0.600. The van der Waals surface area contributed by atoms with Gasteiger partial charge in [-0.3, -0.25) is 19.2 Å². The van der Waals surface area contributed by atoms with Gasteiger partial charge >= 0.3 is 23.9 Å². The van der Waals surface area contributed by atoms with E-state index in [4.69, 9.17) is 18.9 Å². The summed E-state index contributed by atoms with van der Waals surface area (Å²) < 4.78 is 23.1. The number of carbonyl (C=O) groups excluding carboxylic acids is 4. The summed E-state index contributed by atoms with van der Waals surface area (Å²) in [5, 5.41) is 5.04. The molecular weight excluding hydrogens is 368 g/mol. The fourth-order valence-electron chi connectivity index (χ4n) is 2.27. The van der Waals surface area contributed by atoms with Crippen LogP contribution in [0.3, 0.4) is 0 Å². The Bertz CT molecular complexity index is 601. The van der Waals surface area contributed by atoms with Gasteiger partial charge in [0.2, 0.25) is 0 Å². The van der Waals surface area contributed by atoms with Crippen LogP contribution in [-0.4, -0.2) is 60.4 Å². The molecule has 0 fully saturated rings. The molecule has 0 bridgehead atoms. The highest BCUT2D eigenvalue weighted by Gasteiger charge is 2.67. The standard InChI is InChI=1S/C15H20N2O8S/c1-5-23-12(19)15(13(20)24-6-2,14(21)25-7-3)10(11(18)22-4)9-8-26-17-16-9/h8,10H,5-7H2,1-4H3. The highest BCUT2D eigenvalue weighted by molar-refractivity contribution is 7.03. The SMILES string of the molecule is CCOC(=O)C(C(=O)OCC)(C(=O)OCC)C(C(=O)OC)c1csnn1. The van der Waals surface area contributed by atoms with Crippen molar-refractivity contribution in [1.29, 1.82) is 0 Å². The topological polar surface area (TPSA) is 131 Å². The van der Waals surface area contributed by atoms with Gasteiger partial charge in [0, 0.05) is 5.38 Å². The van der Waals surface area contributed by atoms with Crippen molar-refractivity contribution in [1.82, 2.24) is 9.59 Å². The number of nitrogens with zero attached hydrogens (tertiary/aromatic N) is 2. The van der Waals surface area contributed by atoms with Gasteiger partial charge in [0.15, 0.2) is 0 Å². The summed E-state index contributed by atoms with van der Waals surface area (Å²) in [5.74, 6) is -6.71. The summed E-state index contributed by atoms with van der Waals surface area (Å²) in [5.41, 5.74) is -2.87. The third kappa shape index (κ3) is 3.98. The number of rotatable bonds is 9. The van der Waals surface area contributed by atoms with Gasteiger partial charge < -0.3 is 18.9 Å². The maximum Gasteiger partial charge on any atom is 0.336 e. The summed E-state index contributed by atoms with van der Waals surface area (Å²) in [6.45, 7) is 4.00. The van der Waals surface area contributed by atoms with Crippen LogP contribution in [-0.2, 0) is 38.1 Å². The second kappa shape index (κ2) is 9.80. The Morgan fingerprint density at radius 1 is 1.00 bits per heavy atom. The second-order valence-corrected chi connectivity index (χ2v) is 5.37. The van der Waals surface area contributed by atoms with Crippen LogP contribution in [0, 0.1) is 5.41 Å². The third-order valence-electron chi connectivity index (χ3n) is 3.33. The molecule has 11 heteroatoms. The average Bonchev–Trinajstić information content (AvgIpc) is 3.13. The van der Waals surface area contributed by atoms with Gasteiger partial charge in [0.05, 0.1) is 32.6 Å². The summed E-state index contributed by atoms with van der Waals surface area (Å²) in [6.07, 6.45) is 0. The summed E-state index contributed by atoms with van der Waals surface area (Å²) in [6, 6.07) is 0. The lowest BCUT2D eigenvalue weighted by molar-refractivity contribution is -0.189. The Morgan fingerprint density at radius 3 is 1.77 bits per heavy atom. The van der Waals surface area contributed by atoms with E-state index in [1.807, 2.05) is 0 Å². The van der Waals surface area contributed by atoms with Crippen molar-refractivity contribution in [3.05, 3.63) is 11.1 Å². The predicted molar refractivity (Wildman–Crippen MR) is 87.0 cm³/mol. The maximum absolute atomic E-state index is 12.8. The number of esters is 4. The lowest BCUT2D eigenvalue weighted by Gasteiger charge is -2.31. The number of hydrogen-bond donors (Lipinski definition) is 0. The van der Waals surface area contributed by atoms with E-state index in [1.54, 1.807) is 0 Å². The van der Waals surface area contributed by atoms with Crippen molar-refractivity contribution in [2.75, 3.05) is 26.9 Å². The first-order chi connectivity index (χ1) is 12.4. The highest BCUT2D eigenvalue weighted by Crippen LogP contribution is 2.41. The molecule has 0 saturated carbocycles. The molecule has 144 valence electrons. The second-order valence-electron chi connectivity index (χ2n) is 4.76. The molecule has 0 radical (unpaired) electrons. The summed E-state index contributed by atoms with van der Waals surface area (Å²) >= 11 is 0.862. The van der Waals surface area contributed by atoms with Crippen molar-refractivity contribution in [2.45, 2.75) is 26.7 Å². The molecule has 0 aromatic carbocycles. The van der Waals surface area contributed by atoms with E-state index < -0.39 is 35.2 Å². The van der Waals surface area contributed by atoms with Crippen LogP contribution in [0.25, 0.3) is 0 Å². The Labute approximate surface area is 153 Å². The normalized spacial score (nSPS) is 12.0. The molecule has 0 aliphatic rings. The van der Waals surface area contributed by atoms with Crippen molar-refractivity contribution >= 4 is 35.4 Å². The lowest BCUT2D eigenvalue weighted by Crippen LogP contribution is -2.55. The molecule has 10 nitrogen and oxygen atoms in total. The van der Waals surface area contributed by atoms with Crippen LogP contribution >= 0.6 is 11.5 Å². The van der Waals surface area contributed by atoms with Crippen LogP contribution < -0.4 is 0 Å². The van der Waals surface area contributed by atoms with Crippen LogP contribution in [0.1, 0.15) is 32.4 Å². The van der Waals surface area contributed by atoms with Gasteiger partial charge in [-0.05, 0) is 32.3 Å². The van der Waals surface area contributed by atoms with Crippen LogP contribution in [0.4, 0.5) is 0 Å². The zero-order chi connectivity index (χ0) is 19.7. The monoisotopic (exact) mass is 388 g/mol. The van der Waals surface area contributed by atoms with Crippen LogP contribution in [0.15, 0.2) is 5.38 Å².